The second kappa shape index (κ2) is 7.30. The van der Waals surface area contributed by atoms with E-state index in [1.165, 1.54) is 12.1 Å². The lowest BCUT2D eigenvalue weighted by atomic mass is 10.0. The van der Waals surface area contributed by atoms with Crippen LogP contribution in [-0.2, 0) is 19.6 Å². The third-order valence-electron chi connectivity index (χ3n) is 3.80. The monoisotopic (exact) mass is 377 g/mol. The predicted octanol–water partition coefficient (Wildman–Crippen LogP) is 1.98. The number of hydrogen-bond donors (Lipinski definition) is 1. The number of rotatable bonds is 6. The van der Waals surface area contributed by atoms with Crippen LogP contribution in [0.3, 0.4) is 0 Å². The Kier molecular flexibility index (Phi) is 5.10. The van der Waals surface area contributed by atoms with Gasteiger partial charge in [0.25, 0.3) is 5.91 Å². The van der Waals surface area contributed by atoms with Gasteiger partial charge in [-0.25, -0.2) is 13.4 Å². The number of methoxy groups -OCH3 is 1. The van der Waals surface area contributed by atoms with E-state index < -0.39 is 10.0 Å². The molecule has 2 aromatic rings. The molecule has 0 aliphatic carbocycles. The van der Waals surface area contributed by atoms with E-state index in [9.17, 15) is 13.2 Å². The molecule has 1 aliphatic rings. The van der Waals surface area contributed by atoms with Crippen LogP contribution in [0.15, 0.2) is 52.2 Å². The van der Waals surface area contributed by atoms with E-state index in [4.69, 9.17) is 9.15 Å². The molecule has 1 N–H and O–H groups in total. The summed E-state index contributed by atoms with van der Waals surface area (Å²) in [6.07, 6.45) is 3.08. The van der Waals surface area contributed by atoms with Crippen molar-refractivity contribution in [2.24, 2.45) is 5.10 Å². The number of hydrazone groups is 1. The molecule has 1 amide bonds. The number of nitrogens with zero attached hydrogens (tertiary/aromatic N) is 2. The van der Waals surface area contributed by atoms with Gasteiger partial charge < -0.3 is 9.15 Å². The van der Waals surface area contributed by atoms with Crippen molar-refractivity contribution in [3.8, 4) is 0 Å². The summed E-state index contributed by atoms with van der Waals surface area (Å²) in [5, 5.41) is 5.79. The summed E-state index contributed by atoms with van der Waals surface area (Å²) in [5.74, 6) is 0.341. The highest BCUT2D eigenvalue weighted by Gasteiger charge is 2.34. The zero-order chi connectivity index (χ0) is 18.7. The van der Waals surface area contributed by atoms with Crippen LogP contribution in [0.1, 0.15) is 23.8 Å². The summed E-state index contributed by atoms with van der Waals surface area (Å²) in [7, 11) is -1.94. The molecule has 0 spiro atoms. The third-order valence-corrected chi connectivity index (χ3v) is 4.41. The van der Waals surface area contributed by atoms with E-state index in [-0.39, 0.29) is 18.6 Å². The Bertz CT molecular complexity index is 922. The number of sulfonamides is 1. The molecule has 9 heteroatoms. The first-order chi connectivity index (χ1) is 12.4. The molecule has 0 saturated carbocycles. The second-order valence-electron chi connectivity index (χ2n) is 5.91. The second-order valence-corrected chi connectivity index (χ2v) is 7.66. The Morgan fingerprint density at radius 1 is 1.38 bits per heavy atom. The summed E-state index contributed by atoms with van der Waals surface area (Å²) < 4.78 is 35.7. The molecule has 2 heterocycles. The van der Waals surface area contributed by atoms with Gasteiger partial charge in [0, 0.05) is 19.2 Å². The van der Waals surface area contributed by atoms with Crippen LogP contribution in [0.25, 0.3) is 0 Å². The highest BCUT2D eigenvalue weighted by molar-refractivity contribution is 7.92. The van der Waals surface area contributed by atoms with Crippen molar-refractivity contribution in [2.45, 2.75) is 12.5 Å². The van der Waals surface area contributed by atoms with Crippen LogP contribution in [0.5, 0.6) is 0 Å². The Morgan fingerprint density at radius 3 is 2.85 bits per heavy atom. The number of carbonyl (C=O) groups is 1. The van der Waals surface area contributed by atoms with Gasteiger partial charge in [-0.05, 0) is 29.8 Å². The fourth-order valence-corrected chi connectivity index (χ4v) is 3.34. The van der Waals surface area contributed by atoms with Gasteiger partial charge in [0.15, 0.2) is 0 Å². The summed E-state index contributed by atoms with van der Waals surface area (Å²) in [4.78, 5) is 12.3. The van der Waals surface area contributed by atoms with Crippen molar-refractivity contribution >= 4 is 27.3 Å². The van der Waals surface area contributed by atoms with Crippen molar-refractivity contribution in [3.63, 3.8) is 0 Å². The van der Waals surface area contributed by atoms with E-state index in [1.807, 2.05) is 6.07 Å². The molecule has 1 atom stereocenters. The average molecular weight is 377 g/mol. The van der Waals surface area contributed by atoms with Crippen molar-refractivity contribution in [1.82, 2.24) is 5.01 Å². The van der Waals surface area contributed by atoms with Crippen LogP contribution < -0.4 is 4.72 Å². The zero-order valence-electron chi connectivity index (χ0n) is 14.4. The number of benzene rings is 1. The highest BCUT2D eigenvalue weighted by atomic mass is 32.2. The maximum atomic E-state index is 12.3. The van der Waals surface area contributed by atoms with Crippen LogP contribution in [0, 0.1) is 0 Å². The van der Waals surface area contributed by atoms with Crippen molar-refractivity contribution in [3.05, 3.63) is 54.0 Å². The minimum absolute atomic E-state index is 0.0936. The van der Waals surface area contributed by atoms with Gasteiger partial charge in [0.05, 0.1) is 18.2 Å². The molecule has 0 radical (unpaired) electrons. The normalized spacial score (nSPS) is 17.2. The van der Waals surface area contributed by atoms with Gasteiger partial charge >= 0.3 is 0 Å². The summed E-state index contributed by atoms with van der Waals surface area (Å²) in [6.45, 7) is -0.0936. The fraction of sp³-hybridized carbons (Fsp3) is 0.294. The molecule has 0 fully saturated rings. The number of furan rings is 1. The molecule has 26 heavy (non-hydrogen) atoms. The summed E-state index contributed by atoms with van der Waals surface area (Å²) in [5.41, 5.74) is 1.82. The topological polar surface area (TPSA) is 101 Å². The maximum Gasteiger partial charge on any atom is 0.269 e. The van der Waals surface area contributed by atoms with E-state index in [0.717, 1.165) is 11.8 Å². The number of carbonyl (C=O) groups excluding carboxylic acids is 1. The predicted molar refractivity (Wildman–Crippen MR) is 96.2 cm³/mol. The van der Waals surface area contributed by atoms with Crippen molar-refractivity contribution < 1.29 is 22.4 Å². The van der Waals surface area contributed by atoms with Crippen LogP contribution in [-0.4, -0.2) is 45.0 Å². The van der Waals surface area contributed by atoms with Crippen molar-refractivity contribution in [1.29, 1.82) is 0 Å². The molecule has 1 aromatic carbocycles. The lowest BCUT2D eigenvalue weighted by molar-refractivity contribution is -0.137. The molecule has 138 valence electrons. The van der Waals surface area contributed by atoms with Gasteiger partial charge in [-0.3, -0.25) is 9.52 Å². The SMILES string of the molecule is COCC(=O)N1N=C(c2cccc(NS(C)(=O)=O)c2)C[C@H]1c1ccco1. The van der Waals surface area contributed by atoms with E-state index in [0.29, 0.717) is 23.6 Å². The minimum Gasteiger partial charge on any atom is -0.467 e. The minimum atomic E-state index is -3.38. The van der Waals surface area contributed by atoms with Gasteiger partial charge in [-0.15, -0.1) is 0 Å². The van der Waals surface area contributed by atoms with E-state index in [2.05, 4.69) is 9.82 Å². The number of amides is 1. The Morgan fingerprint density at radius 2 is 2.19 bits per heavy atom. The molecule has 1 aromatic heterocycles. The highest BCUT2D eigenvalue weighted by Crippen LogP contribution is 2.33. The zero-order valence-corrected chi connectivity index (χ0v) is 15.2. The lowest BCUT2D eigenvalue weighted by Gasteiger charge is -2.19. The third kappa shape index (κ3) is 4.12. The standard InChI is InChI=1S/C17H19N3O5S/c1-24-11-17(21)20-15(16-7-4-8-25-16)10-14(18-20)12-5-3-6-13(9-12)19-26(2,22)23/h3-9,15,19H,10-11H2,1-2H3/t15-/m0/s1. The van der Waals surface area contributed by atoms with E-state index in [1.54, 1.807) is 36.6 Å². The molecular formula is C17H19N3O5S. The van der Waals surface area contributed by atoms with Gasteiger partial charge in [-0.2, -0.15) is 5.10 Å². The van der Waals surface area contributed by atoms with Gasteiger partial charge in [0.2, 0.25) is 10.0 Å². The fourth-order valence-electron chi connectivity index (χ4n) is 2.78. The molecule has 3 rings (SSSR count). The maximum absolute atomic E-state index is 12.3. The Labute approximate surface area is 151 Å². The molecule has 0 unspecified atom stereocenters. The number of nitrogens with one attached hydrogen (secondary N) is 1. The molecule has 1 aliphatic heterocycles. The number of ether oxygens (including phenoxy) is 1. The smallest absolute Gasteiger partial charge is 0.269 e. The van der Waals surface area contributed by atoms with Crippen LogP contribution in [0.4, 0.5) is 5.69 Å². The average Bonchev–Trinajstić information content (AvgIpc) is 3.23. The number of anilines is 1. The Balaban J connectivity index is 1.91. The van der Waals surface area contributed by atoms with E-state index >= 15 is 0 Å². The Hall–Kier alpha value is -2.65. The first-order valence-corrected chi connectivity index (χ1v) is 9.76. The molecule has 0 bridgehead atoms. The van der Waals surface area contributed by atoms with Crippen LogP contribution >= 0.6 is 0 Å². The summed E-state index contributed by atoms with van der Waals surface area (Å²) >= 11 is 0. The lowest BCUT2D eigenvalue weighted by Crippen LogP contribution is -2.29. The first-order valence-electron chi connectivity index (χ1n) is 7.87. The quantitative estimate of drug-likeness (QED) is 0.829. The molecular weight excluding hydrogens is 358 g/mol. The van der Waals surface area contributed by atoms with Crippen LogP contribution in [0.2, 0.25) is 0 Å². The van der Waals surface area contributed by atoms with Gasteiger partial charge in [-0.1, -0.05) is 12.1 Å². The van der Waals surface area contributed by atoms with Crippen molar-refractivity contribution in [2.75, 3.05) is 24.7 Å². The largest absolute Gasteiger partial charge is 0.467 e. The summed E-state index contributed by atoms with van der Waals surface area (Å²) in [6, 6.07) is 10.1. The van der Waals surface area contributed by atoms with Gasteiger partial charge in [0.1, 0.15) is 18.4 Å². The molecule has 0 saturated heterocycles. The first kappa shape index (κ1) is 18.2. The molecule has 8 nitrogen and oxygen atoms in total. The number of hydrogen-bond acceptors (Lipinski definition) is 6.